The molecule has 10 heteroatoms. The van der Waals surface area contributed by atoms with E-state index in [0.29, 0.717) is 0 Å². The van der Waals surface area contributed by atoms with Crippen molar-refractivity contribution in [1.82, 2.24) is 0 Å². The predicted molar refractivity (Wildman–Crippen MR) is 161 cm³/mol. The molecular formula is C35H32O10. The molecule has 4 rings (SSSR count). The maximum absolute atomic E-state index is 13.3. The summed E-state index contributed by atoms with van der Waals surface area (Å²) in [6.07, 6.45) is -7.61. The fourth-order valence-corrected chi connectivity index (χ4v) is 4.38. The molecule has 0 aliphatic carbocycles. The van der Waals surface area contributed by atoms with Crippen molar-refractivity contribution < 1.29 is 48.3 Å². The van der Waals surface area contributed by atoms with Crippen molar-refractivity contribution >= 4 is 23.9 Å². The third-order valence-corrected chi connectivity index (χ3v) is 6.75. The van der Waals surface area contributed by atoms with Crippen LogP contribution < -0.4 is 0 Å². The highest BCUT2D eigenvalue weighted by atomic mass is 16.6. The standard InChI is InChI=1S/C35H32O10/c1-23(22-42-32(38)24-14-6-2-7-15-24)28(43-33(39)25-16-8-3-9-17-25)29(44-34(40)26-18-10-4-11-19-26)30(31(36)37)45-35(41)27-20-12-5-13-21-27/h2-21,23,28-31,36-37H,22H2,1H3. The van der Waals surface area contributed by atoms with E-state index in [0.717, 1.165) is 0 Å². The molecule has 0 aliphatic rings. The number of aliphatic hydroxyl groups is 2. The Balaban J connectivity index is 1.71. The van der Waals surface area contributed by atoms with Gasteiger partial charge in [0.05, 0.1) is 28.9 Å². The Kier molecular flexibility index (Phi) is 11.6. The van der Waals surface area contributed by atoms with Gasteiger partial charge in [0.15, 0.2) is 18.5 Å². The van der Waals surface area contributed by atoms with Gasteiger partial charge in [-0.3, -0.25) is 0 Å². The minimum Gasteiger partial charge on any atom is -0.462 e. The molecule has 0 saturated carbocycles. The lowest BCUT2D eigenvalue weighted by Gasteiger charge is -2.35. The summed E-state index contributed by atoms with van der Waals surface area (Å²) in [5, 5.41) is 20.9. The first-order valence-corrected chi connectivity index (χ1v) is 14.1. The summed E-state index contributed by atoms with van der Waals surface area (Å²) in [7, 11) is 0. The zero-order valence-corrected chi connectivity index (χ0v) is 24.3. The molecule has 0 bridgehead atoms. The first-order chi connectivity index (χ1) is 21.7. The van der Waals surface area contributed by atoms with Crippen molar-refractivity contribution in [2.24, 2.45) is 5.92 Å². The van der Waals surface area contributed by atoms with Gasteiger partial charge in [0, 0.05) is 5.92 Å². The average molecular weight is 613 g/mol. The summed E-state index contributed by atoms with van der Waals surface area (Å²) in [4.78, 5) is 52.4. The number of hydrogen-bond donors (Lipinski definition) is 2. The fourth-order valence-electron chi connectivity index (χ4n) is 4.38. The van der Waals surface area contributed by atoms with Crippen LogP contribution in [0.3, 0.4) is 0 Å². The van der Waals surface area contributed by atoms with E-state index in [1.54, 1.807) is 91.9 Å². The molecule has 4 atom stereocenters. The lowest BCUT2D eigenvalue weighted by atomic mass is 9.95. The summed E-state index contributed by atoms with van der Waals surface area (Å²) in [6.45, 7) is 1.20. The quantitative estimate of drug-likeness (QED) is 0.126. The molecule has 0 aliphatic heterocycles. The predicted octanol–water partition coefficient (Wildman–Crippen LogP) is 4.47. The van der Waals surface area contributed by atoms with Crippen LogP contribution in [-0.2, 0) is 18.9 Å². The Morgan fingerprint density at radius 2 is 0.800 bits per heavy atom. The summed E-state index contributed by atoms with van der Waals surface area (Å²) in [5.74, 6) is -4.30. The van der Waals surface area contributed by atoms with Gasteiger partial charge in [0.25, 0.3) is 0 Å². The normalized spacial score (nSPS) is 13.5. The molecule has 2 N–H and O–H groups in total. The monoisotopic (exact) mass is 612 g/mol. The van der Waals surface area contributed by atoms with E-state index in [9.17, 15) is 29.4 Å². The van der Waals surface area contributed by atoms with Crippen molar-refractivity contribution in [2.45, 2.75) is 31.5 Å². The van der Waals surface area contributed by atoms with Crippen LogP contribution in [0.4, 0.5) is 0 Å². The van der Waals surface area contributed by atoms with E-state index in [1.807, 2.05) is 0 Å². The molecule has 45 heavy (non-hydrogen) atoms. The molecule has 0 fully saturated rings. The molecule has 10 nitrogen and oxygen atoms in total. The van der Waals surface area contributed by atoms with Crippen LogP contribution in [0.1, 0.15) is 48.4 Å². The maximum atomic E-state index is 13.3. The van der Waals surface area contributed by atoms with Gasteiger partial charge < -0.3 is 29.2 Å². The summed E-state index contributed by atoms with van der Waals surface area (Å²) in [5.41, 5.74) is 0.597. The van der Waals surface area contributed by atoms with Crippen LogP contribution in [0.15, 0.2) is 121 Å². The highest BCUT2D eigenvalue weighted by Crippen LogP contribution is 2.26. The largest absolute Gasteiger partial charge is 0.462 e. The van der Waals surface area contributed by atoms with Crippen LogP contribution in [0.2, 0.25) is 0 Å². The van der Waals surface area contributed by atoms with Gasteiger partial charge in [-0.25, -0.2) is 19.2 Å². The molecule has 0 heterocycles. The Morgan fingerprint density at radius 1 is 0.489 bits per heavy atom. The highest BCUT2D eigenvalue weighted by Gasteiger charge is 2.45. The number of benzene rings is 4. The molecule has 4 aromatic rings. The van der Waals surface area contributed by atoms with Gasteiger partial charge in [0.2, 0.25) is 0 Å². The summed E-state index contributed by atoms with van der Waals surface area (Å²) >= 11 is 0. The van der Waals surface area contributed by atoms with Crippen LogP contribution in [0.5, 0.6) is 0 Å². The number of aliphatic hydroxyl groups excluding tert-OH is 1. The van der Waals surface area contributed by atoms with Gasteiger partial charge in [-0.15, -0.1) is 0 Å². The first-order valence-electron chi connectivity index (χ1n) is 14.1. The Labute approximate surface area is 259 Å². The van der Waals surface area contributed by atoms with Crippen LogP contribution in [-0.4, -0.2) is 65.3 Å². The topological polar surface area (TPSA) is 146 Å². The van der Waals surface area contributed by atoms with E-state index in [4.69, 9.17) is 18.9 Å². The number of ether oxygens (including phenoxy) is 4. The van der Waals surface area contributed by atoms with E-state index < -0.39 is 54.4 Å². The maximum Gasteiger partial charge on any atom is 0.338 e. The number of carbonyl (C=O) groups excluding carboxylic acids is 4. The van der Waals surface area contributed by atoms with Crippen molar-refractivity contribution in [3.8, 4) is 0 Å². The second kappa shape index (κ2) is 15.9. The van der Waals surface area contributed by atoms with Gasteiger partial charge in [-0.1, -0.05) is 79.7 Å². The van der Waals surface area contributed by atoms with Crippen molar-refractivity contribution in [3.63, 3.8) is 0 Å². The van der Waals surface area contributed by atoms with E-state index >= 15 is 0 Å². The van der Waals surface area contributed by atoms with E-state index in [1.165, 1.54) is 36.4 Å². The van der Waals surface area contributed by atoms with Gasteiger partial charge in [-0.05, 0) is 48.5 Å². The molecule has 0 spiro atoms. The van der Waals surface area contributed by atoms with E-state index in [2.05, 4.69) is 0 Å². The Morgan fingerprint density at radius 3 is 1.16 bits per heavy atom. The number of hydrogen-bond acceptors (Lipinski definition) is 10. The Hall–Kier alpha value is -5.32. The number of rotatable bonds is 13. The lowest BCUT2D eigenvalue weighted by molar-refractivity contribution is -0.186. The molecular weight excluding hydrogens is 580 g/mol. The molecule has 0 aromatic heterocycles. The third-order valence-electron chi connectivity index (χ3n) is 6.75. The first kappa shape index (κ1) is 32.6. The van der Waals surface area contributed by atoms with Crippen LogP contribution >= 0.6 is 0 Å². The zero-order chi connectivity index (χ0) is 32.2. The molecule has 0 amide bonds. The lowest BCUT2D eigenvalue weighted by Crippen LogP contribution is -2.53. The number of esters is 4. The van der Waals surface area contributed by atoms with Crippen molar-refractivity contribution in [2.75, 3.05) is 6.61 Å². The van der Waals surface area contributed by atoms with Crippen molar-refractivity contribution in [3.05, 3.63) is 144 Å². The molecule has 0 saturated heterocycles. The Bertz CT molecular complexity index is 1540. The third kappa shape index (κ3) is 9.09. The molecule has 0 radical (unpaired) electrons. The van der Waals surface area contributed by atoms with Gasteiger partial charge in [0.1, 0.15) is 6.10 Å². The number of carbonyl (C=O) groups is 4. The molecule has 4 unspecified atom stereocenters. The molecule has 232 valence electrons. The molecule has 4 aromatic carbocycles. The summed E-state index contributed by atoms with van der Waals surface area (Å²) < 4.78 is 22.6. The second-order valence-electron chi connectivity index (χ2n) is 10.1. The van der Waals surface area contributed by atoms with E-state index in [-0.39, 0.29) is 28.9 Å². The van der Waals surface area contributed by atoms with Gasteiger partial charge in [-0.2, -0.15) is 0 Å². The smallest absolute Gasteiger partial charge is 0.338 e. The fraction of sp³-hybridized carbons (Fsp3) is 0.200. The van der Waals surface area contributed by atoms with Crippen LogP contribution in [0, 0.1) is 5.92 Å². The van der Waals surface area contributed by atoms with Gasteiger partial charge >= 0.3 is 23.9 Å². The SMILES string of the molecule is CC(COC(=O)c1ccccc1)C(OC(=O)c1ccccc1)C(OC(=O)c1ccccc1)C(OC(=O)c1ccccc1)C(O)O. The zero-order valence-electron chi connectivity index (χ0n) is 24.3. The summed E-state index contributed by atoms with van der Waals surface area (Å²) in [6, 6.07) is 31.7. The minimum atomic E-state index is -2.39. The average Bonchev–Trinajstić information content (AvgIpc) is 3.08. The second-order valence-corrected chi connectivity index (χ2v) is 10.1. The van der Waals surface area contributed by atoms with Crippen LogP contribution in [0.25, 0.3) is 0 Å². The minimum absolute atomic E-state index is 0.0824. The van der Waals surface area contributed by atoms with Crippen molar-refractivity contribution in [1.29, 1.82) is 0 Å². The highest BCUT2D eigenvalue weighted by molar-refractivity contribution is 5.91.